The van der Waals surface area contributed by atoms with Crippen molar-refractivity contribution in [2.75, 3.05) is 26.0 Å². The summed E-state index contributed by atoms with van der Waals surface area (Å²) in [6.07, 6.45) is 3.72. The highest BCUT2D eigenvalue weighted by atomic mass is 32.1. The maximum atomic E-state index is 13.0. The minimum absolute atomic E-state index is 0.122. The number of carbonyl (C=O) groups is 3. The van der Waals surface area contributed by atoms with Gasteiger partial charge in [-0.15, -0.1) is 11.3 Å². The van der Waals surface area contributed by atoms with E-state index < -0.39 is 18.5 Å². The van der Waals surface area contributed by atoms with E-state index in [-0.39, 0.29) is 16.3 Å². The van der Waals surface area contributed by atoms with E-state index >= 15 is 0 Å². The number of nitrogens with one attached hydrogen (secondary N) is 1. The van der Waals surface area contributed by atoms with Crippen LogP contribution in [0, 0.1) is 6.92 Å². The molecular formula is C24H26N4O5S. The van der Waals surface area contributed by atoms with Crippen LogP contribution in [0.5, 0.6) is 0 Å². The standard InChI is InChI=1S/C24H26N4O5S/c1-14-19-21(26-17-7-5-4-6-12-28(17)23(19)31)34-20(14)24(32)33-13-18(29)25-16-10-8-15(9-11-16)22(30)27(2)3/h8-11H,4-7,12-13H2,1-3H3,(H,25,29). The van der Waals surface area contributed by atoms with E-state index in [4.69, 9.17) is 4.74 Å². The lowest BCUT2D eigenvalue weighted by molar-refractivity contribution is -0.119. The predicted octanol–water partition coefficient (Wildman–Crippen LogP) is 2.99. The Balaban J connectivity index is 1.44. The summed E-state index contributed by atoms with van der Waals surface area (Å²) in [6, 6.07) is 6.43. The van der Waals surface area contributed by atoms with Gasteiger partial charge < -0.3 is 15.0 Å². The number of carbonyl (C=O) groups excluding carboxylic acids is 3. The Morgan fingerprint density at radius 3 is 2.59 bits per heavy atom. The summed E-state index contributed by atoms with van der Waals surface area (Å²) in [5.41, 5.74) is 1.39. The van der Waals surface area contributed by atoms with Crippen LogP contribution in [0.15, 0.2) is 29.1 Å². The van der Waals surface area contributed by atoms with Crippen molar-refractivity contribution in [2.45, 2.75) is 39.2 Å². The van der Waals surface area contributed by atoms with Crippen molar-refractivity contribution < 1.29 is 19.1 Å². The van der Waals surface area contributed by atoms with E-state index in [1.807, 2.05) is 0 Å². The second-order valence-electron chi connectivity index (χ2n) is 8.43. The van der Waals surface area contributed by atoms with Gasteiger partial charge in [-0.05, 0) is 49.6 Å². The lowest BCUT2D eigenvalue weighted by atomic mass is 10.2. The van der Waals surface area contributed by atoms with Crippen molar-refractivity contribution >= 4 is 45.0 Å². The number of esters is 1. The van der Waals surface area contributed by atoms with Crippen LogP contribution in [0.4, 0.5) is 5.69 Å². The average Bonchev–Trinajstić information content (AvgIpc) is 2.98. The fourth-order valence-corrected chi connectivity index (χ4v) is 5.04. The molecule has 0 aliphatic carbocycles. The molecule has 1 aromatic carbocycles. The first kappa shape index (κ1) is 23.6. The van der Waals surface area contributed by atoms with Crippen LogP contribution in [0.2, 0.25) is 0 Å². The highest BCUT2D eigenvalue weighted by Gasteiger charge is 2.23. The molecule has 2 amide bonds. The van der Waals surface area contributed by atoms with Crippen LogP contribution in [-0.4, -0.2) is 52.9 Å². The Bertz CT molecular complexity index is 1320. The number of aryl methyl sites for hydroxylation is 2. The second-order valence-corrected chi connectivity index (χ2v) is 9.43. The van der Waals surface area contributed by atoms with E-state index in [1.165, 1.54) is 4.90 Å². The molecule has 1 N–H and O–H groups in total. The van der Waals surface area contributed by atoms with Crippen LogP contribution in [0.25, 0.3) is 10.2 Å². The lowest BCUT2D eigenvalue weighted by Crippen LogP contribution is -2.24. The number of aromatic nitrogens is 2. The number of nitrogens with zero attached hydrogens (tertiary/aromatic N) is 3. The second kappa shape index (κ2) is 9.76. The van der Waals surface area contributed by atoms with Crippen LogP contribution in [0.1, 0.15) is 50.7 Å². The highest BCUT2D eigenvalue weighted by Crippen LogP contribution is 2.29. The number of hydrogen-bond donors (Lipinski definition) is 1. The number of fused-ring (bicyclic) bond motifs is 2. The number of benzene rings is 1. The van der Waals surface area contributed by atoms with Gasteiger partial charge >= 0.3 is 5.97 Å². The number of anilines is 1. The Morgan fingerprint density at radius 1 is 1.15 bits per heavy atom. The monoisotopic (exact) mass is 482 g/mol. The zero-order valence-electron chi connectivity index (χ0n) is 19.3. The van der Waals surface area contributed by atoms with Gasteiger partial charge in [0, 0.05) is 38.3 Å². The topological polar surface area (TPSA) is 111 Å². The fourth-order valence-electron chi connectivity index (χ4n) is 3.95. The molecule has 178 valence electrons. The number of hydrogen-bond acceptors (Lipinski definition) is 7. The van der Waals surface area contributed by atoms with Crippen LogP contribution >= 0.6 is 11.3 Å². The van der Waals surface area contributed by atoms with E-state index in [0.717, 1.165) is 42.8 Å². The van der Waals surface area contributed by atoms with Crippen LogP contribution in [-0.2, 0) is 22.5 Å². The molecule has 0 saturated carbocycles. The van der Waals surface area contributed by atoms with Crippen molar-refractivity contribution in [1.82, 2.24) is 14.5 Å². The molecule has 0 atom stereocenters. The molecule has 10 heteroatoms. The quantitative estimate of drug-likeness (QED) is 0.560. The normalized spacial score (nSPS) is 13.1. The third kappa shape index (κ3) is 4.72. The summed E-state index contributed by atoms with van der Waals surface area (Å²) in [6.45, 7) is 1.86. The van der Waals surface area contributed by atoms with Gasteiger partial charge in [-0.1, -0.05) is 6.42 Å². The molecule has 1 aliphatic rings. The molecule has 2 aromatic heterocycles. The van der Waals surface area contributed by atoms with Gasteiger partial charge in [-0.3, -0.25) is 19.0 Å². The van der Waals surface area contributed by atoms with Crippen molar-refractivity contribution in [2.24, 2.45) is 0 Å². The number of amides is 2. The molecule has 1 aliphatic heterocycles. The number of thiophene rings is 1. The SMILES string of the molecule is Cc1c(C(=O)OCC(=O)Nc2ccc(C(=O)N(C)C)cc2)sc2nc3n(c(=O)c12)CCCCC3. The van der Waals surface area contributed by atoms with Crippen molar-refractivity contribution in [3.8, 4) is 0 Å². The maximum Gasteiger partial charge on any atom is 0.349 e. The minimum Gasteiger partial charge on any atom is -0.451 e. The number of ether oxygens (including phenoxy) is 1. The first-order valence-electron chi connectivity index (χ1n) is 11.1. The first-order chi connectivity index (χ1) is 16.3. The molecule has 3 heterocycles. The zero-order chi connectivity index (χ0) is 24.4. The highest BCUT2D eigenvalue weighted by molar-refractivity contribution is 7.20. The summed E-state index contributed by atoms with van der Waals surface area (Å²) in [5.74, 6) is -0.559. The number of rotatable bonds is 5. The minimum atomic E-state index is -0.665. The molecule has 0 bridgehead atoms. The zero-order valence-corrected chi connectivity index (χ0v) is 20.2. The smallest absolute Gasteiger partial charge is 0.349 e. The van der Waals surface area contributed by atoms with Crippen molar-refractivity contribution in [1.29, 1.82) is 0 Å². The average molecular weight is 483 g/mol. The van der Waals surface area contributed by atoms with E-state index in [2.05, 4.69) is 10.3 Å². The van der Waals surface area contributed by atoms with Crippen molar-refractivity contribution in [3.05, 3.63) is 56.4 Å². The summed E-state index contributed by atoms with van der Waals surface area (Å²) >= 11 is 1.12. The van der Waals surface area contributed by atoms with E-state index in [1.54, 1.807) is 49.9 Å². The summed E-state index contributed by atoms with van der Waals surface area (Å²) in [4.78, 5) is 56.9. The first-order valence-corrected chi connectivity index (χ1v) is 11.9. The Hall–Kier alpha value is -3.53. The molecule has 4 rings (SSSR count). The molecular weight excluding hydrogens is 456 g/mol. The Kier molecular flexibility index (Phi) is 6.78. The third-order valence-electron chi connectivity index (χ3n) is 5.75. The predicted molar refractivity (Wildman–Crippen MR) is 130 cm³/mol. The summed E-state index contributed by atoms with van der Waals surface area (Å²) in [5, 5.41) is 3.08. The molecule has 0 unspecified atom stereocenters. The molecule has 34 heavy (non-hydrogen) atoms. The van der Waals surface area contributed by atoms with Gasteiger partial charge in [-0.2, -0.15) is 0 Å². The summed E-state index contributed by atoms with van der Waals surface area (Å²) < 4.78 is 6.93. The van der Waals surface area contributed by atoms with Gasteiger partial charge in [0.05, 0.1) is 5.39 Å². The third-order valence-corrected chi connectivity index (χ3v) is 6.92. The Labute approximate surface area is 200 Å². The van der Waals surface area contributed by atoms with Gasteiger partial charge in [-0.25, -0.2) is 9.78 Å². The largest absolute Gasteiger partial charge is 0.451 e. The van der Waals surface area contributed by atoms with Crippen LogP contribution in [0.3, 0.4) is 0 Å². The molecule has 0 saturated heterocycles. The lowest BCUT2D eigenvalue weighted by Gasteiger charge is -2.11. The van der Waals surface area contributed by atoms with E-state index in [9.17, 15) is 19.2 Å². The molecule has 3 aromatic rings. The van der Waals surface area contributed by atoms with Gasteiger partial charge in [0.2, 0.25) is 0 Å². The Morgan fingerprint density at radius 2 is 1.88 bits per heavy atom. The van der Waals surface area contributed by atoms with Gasteiger partial charge in [0.1, 0.15) is 15.5 Å². The fraction of sp³-hybridized carbons (Fsp3) is 0.375. The molecule has 0 spiro atoms. The van der Waals surface area contributed by atoms with Crippen molar-refractivity contribution in [3.63, 3.8) is 0 Å². The van der Waals surface area contributed by atoms with Gasteiger partial charge in [0.15, 0.2) is 6.61 Å². The van der Waals surface area contributed by atoms with Crippen LogP contribution < -0.4 is 10.9 Å². The summed E-state index contributed by atoms with van der Waals surface area (Å²) in [7, 11) is 3.32. The van der Waals surface area contributed by atoms with E-state index in [0.29, 0.717) is 33.6 Å². The maximum absolute atomic E-state index is 13.0. The molecule has 0 fully saturated rings. The molecule has 9 nitrogen and oxygen atoms in total. The van der Waals surface area contributed by atoms with Gasteiger partial charge in [0.25, 0.3) is 17.4 Å². The molecule has 0 radical (unpaired) electrons.